The maximum absolute atomic E-state index is 12.3. The first-order valence-electron chi connectivity index (χ1n) is 8.32. The van der Waals surface area contributed by atoms with Crippen LogP contribution in [0.15, 0.2) is 0 Å². The van der Waals surface area contributed by atoms with E-state index in [2.05, 4.69) is 16.0 Å². The Morgan fingerprint density at radius 2 is 1.59 bits per heavy atom. The van der Waals surface area contributed by atoms with E-state index >= 15 is 0 Å². The van der Waals surface area contributed by atoms with Crippen LogP contribution < -0.4 is 27.4 Å². The Balaban J connectivity index is 4.87. The molecule has 0 heterocycles. The number of carbonyl (C=O) groups excluding carboxylic acids is 4. The Morgan fingerprint density at radius 3 is 2.07 bits per heavy atom. The summed E-state index contributed by atoms with van der Waals surface area (Å²) in [6.07, 6.45) is 0.638. The van der Waals surface area contributed by atoms with Gasteiger partial charge in [0.1, 0.15) is 12.1 Å². The zero-order valence-electron chi connectivity index (χ0n) is 15.7. The number of nitrogens with one attached hydrogen (secondary N) is 3. The van der Waals surface area contributed by atoms with Crippen LogP contribution in [-0.4, -0.2) is 82.5 Å². The molecular weight excluding hydrogens is 410 g/mol. The van der Waals surface area contributed by atoms with Crippen molar-refractivity contribution in [3.8, 4) is 0 Å². The molecule has 0 aromatic heterocycles. The van der Waals surface area contributed by atoms with E-state index in [1.54, 1.807) is 6.26 Å². The SMILES string of the molecule is CSCCC(NC(=O)CNC(=O)C(N)CC(N)=O)C(=O)NC(CC(=O)O)C(=O)O. The molecule has 9 N–H and O–H groups in total. The van der Waals surface area contributed by atoms with Crippen LogP contribution in [0.25, 0.3) is 0 Å². The Morgan fingerprint density at radius 1 is 0.966 bits per heavy atom. The molecule has 0 fully saturated rings. The molecular formula is C15H25N5O8S. The monoisotopic (exact) mass is 435 g/mol. The lowest BCUT2D eigenvalue weighted by Crippen LogP contribution is -2.54. The van der Waals surface area contributed by atoms with Gasteiger partial charge in [-0.3, -0.25) is 24.0 Å². The quantitative estimate of drug-likeness (QED) is 0.143. The van der Waals surface area contributed by atoms with Gasteiger partial charge in [-0.25, -0.2) is 4.79 Å². The summed E-state index contributed by atoms with van der Waals surface area (Å²) in [6.45, 7) is -0.550. The van der Waals surface area contributed by atoms with Gasteiger partial charge in [-0.15, -0.1) is 0 Å². The van der Waals surface area contributed by atoms with Gasteiger partial charge in [0.2, 0.25) is 23.6 Å². The van der Waals surface area contributed by atoms with Gasteiger partial charge in [0.25, 0.3) is 0 Å². The number of carboxylic acids is 2. The normalized spacial score (nSPS) is 13.4. The Hall–Kier alpha value is -2.87. The second-order valence-electron chi connectivity index (χ2n) is 5.89. The fourth-order valence-corrected chi connectivity index (χ4v) is 2.48. The van der Waals surface area contributed by atoms with Crippen molar-refractivity contribution >= 4 is 47.3 Å². The molecule has 0 bridgehead atoms. The number of carbonyl (C=O) groups is 6. The predicted octanol–water partition coefficient (Wildman–Crippen LogP) is -3.41. The Labute approximate surface area is 170 Å². The summed E-state index contributed by atoms with van der Waals surface area (Å²) in [4.78, 5) is 68.5. The highest BCUT2D eigenvalue weighted by Gasteiger charge is 2.28. The van der Waals surface area contributed by atoms with E-state index in [1.165, 1.54) is 11.8 Å². The molecule has 0 aromatic rings. The molecule has 3 atom stereocenters. The lowest BCUT2D eigenvalue weighted by atomic mass is 10.1. The van der Waals surface area contributed by atoms with Crippen molar-refractivity contribution in [2.45, 2.75) is 37.4 Å². The number of amides is 4. The van der Waals surface area contributed by atoms with E-state index in [-0.39, 0.29) is 6.42 Å². The van der Waals surface area contributed by atoms with Crippen molar-refractivity contribution in [3.63, 3.8) is 0 Å². The maximum Gasteiger partial charge on any atom is 0.326 e. The first-order valence-corrected chi connectivity index (χ1v) is 9.72. The van der Waals surface area contributed by atoms with Crippen LogP contribution in [0, 0.1) is 0 Å². The second-order valence-corrected chi connectivity index (χ2v) is 6.88. The van der Waals surface area contributed by atoms with Gasteiger partial charge >= 0.3 is 11.9 Å². The summed E-state index contributed by atoms with van der Waals surface area (Å²) in [5.41, 5.74) is 10.3. The van der Waals surface area contributed by atoms with Crippen molar-refractivity contribution in [2.75, 3.05) is 18.6 Å². The number of rotatable bonds is 14. The third kappa shape index (κ3) is 11.5. The van der Waals surface area contributed by atoms with E-state index < -0.39 is 73.1 Å². The molecule has 29 heavy (non-hydrogen) atoms. The lowest BCUT2D eigenvalue weighted by molar-refractivity contribution is -0.147. The summed E-state index contributed by atoms with van der Waals surface area (Å²) in [5.74, 6) is -5.75. The Kier molecular flexibility index (Phi) is 12.0. The summed E-state index contributed by atoms with van der Waals surface area (Å²) >= 11 is 1.37. The molecule has 3 unspecified atom stereocenters. The minimum absolute atomic E-state index is 0.132. The van der Waals surface area contributed by atoms with Crippen LogP contribution in [0.5, 0.6) is 0 Å². The summed E-state index contributed by atoms with van der Waals surface area (Å²) in [5, 5.41) is 24.3. The fourth-order valence-electron chi connectivity index (χ4n) is 2.00. The van der Waals surface area contributed by atoms with Gasteiger partial charge < -0.3 is 37.6 Å². The summed E-state index contributed by atoms with van der Waals surface area (Å²) in [7, 11) is 0. The molecule has 14 heteroatoms. The third-order valence-corrected chi connectivity index (χ3v) is 4.08. The Bertz CT molecular complexity index is 644. The molecule has 0 saturated carbocycles. The van der Waals surface area contributed by atoms with E-state index in [4.69, 9.17) is 21.7 Å². The largest absolute Gasteiger partial charge is 0.481 e. The minimum Gasteiger partial charge on any atom is -0.481 e. The van der Waals surface area contributed by atoms with Crippen molar-refractivity contribution in [1.82, 2.24) is 16.0 Å². The average molecular weight is 435 g/mol. The standard InChI is InChI=1S/C15H25N5O8S/c1-29-3-2-8(14(26)20-9(15(27)28)5-12(23)24)19-11(22)6-18-13(25)7(16)4-10(17)21/h7-9H,2-6,16H2,1H3,(H2,17,21)(H,18,25)(H,19,22)(H,20,26)(H,23,24)(H,27,28). The molecule has 0 spiro atoms. The van der Waals surface area contributed by atoms with Gasteiger partial charge in [0.15, 0.2) is 0 Å². The molecule has 0 saturated heterocycles. The number of aliphatic carboxylic acids is 2. The number of carboxylic acid groups (broad SMARTS) is 2. The number of hydrogen-bond acceptors (Lipinski definition) is 8. The molecule has 0 rings (SSSR count). The topological polar surface area (TPSA) is 231 Å². The lowest BCUT2D eigenvalue weighted by Gasteiger charge is -2.21. The van der Waals surface area contributed by atoms with Crippen LogP contribution in [0.3, 0.4) is 0 Å². The smallest absolute Gasteiger partial charge is 0.326 e. The molecule has 0 aliphatic carbocycles. The summed E-state index contributed by atoms with van der Waals surface area (Å²) in [6, 6.07) is -4.05. The van der Waals surface area contributed by atoms with Crippen LogP contribution in [0.4, 0.5) is 0 Å². The van der Waals surface area contributed by atoms with Crippen molar-refractivity contribution < 1.29 is 39.0 Å². The second kappa shape index (κ2) is 13.3. The van der Waals surface area contributed by atoms with E-state index in [1.807, 2.05) is 0 Å². The van der Waals surface area contributed by atoms with Gasteiger partial charge in [-0.05, 0) is 18.4 Å². The highest BCUT2D eigenvalue weighted by Crippen LogP contribution is 2.03. The van der Waals surface area contributed by atoms with E-state index in [0.29, 0.717) is 5.75 Å². The molecule has 0 aliphatic rings. The van der Waals surface area contributed by atoms with Crippen LogP contribution in [-0.2, 0) is 28.8 Å². The first-order chi connectivity index (χ1) is 13.5. The number of primary amides is 1. The van der Waals surface area contributed by atoms with E-state index in [0.717, 1.165) is 0 Å². The number of nitrogens with two attached hydrogens (primary N) is 2. The zero-order valence-corrected chi connectivity index (χ0v) is 16.5. The molecule has 0 aromatic carbocycles. The average Bonchev–Trinajstić information content (AvgIpc) is 2.61. The fraction of sp³-hybridized carbons (Fsp3) is 0.600. The highest BCUT2D eigenvalue weighted by atomic mass is 32.2. The minimum atomic E-state index is -1.67. The van der Waals surface area contributed by atoms with Crippen molar-refractivity contribution in [1.29, 1.82) is 0 Å². The van der Waals surface area contributed by atoms with Crippen LogP contribution in [0.1, 0.15) is 19.3 Å². The predicted molar refractivity (Wildman–Crippen MR) is 102 cm³/mol. The van der Waals surface area contributed by atoms with Crippen LogP contribution >= 0.6 is 11.8 Å². The first kappa shape index (κ1) is 26.1. The number of thioether (sulfide) groups is 1. The van der Waals surface area contributed by atoms with Gasteiger partial charge in [0.05, 0.1) is 25.4 Å². The van der Waals surface area contributed by atoms with Crippen molar-refractivity contribution in [3.05, 3.63) is 0 Å². The van der Waals surface area contributed by atoms with E-state index in [9.17, 15) is 28.8 Å². The van der Waals surface area contributed by atoms with Gasteiger partial charge in [0, 0.05) is 0 Å². The zero-order chi connectivity index (χ0) is 22.6. The summed E-state index contributed by atoms with van der Waals surface area (Å²) < 4.78 is 0. The molecule has 0 aliphatic heterocycles. The molecule has 0 radical (unpaired) electrons. The van der Waals surface area contributed by atoms with Gasteiger partial charge in [-0.1, -0.05) is 0 Å². The molecule has 164 valence electrons. The molecule has 13 nitrogen and oxygen atoms in total. The van der Waals surface area contributed by atoms with Gasteiger partial charge in [-0.2, -0.15) is 11.8 Å². The van der Waals surface area contributed by atoms with Crippen molar-refractivity contribution in [2.24, 2.45) is 11.5 Å². The maximum atomic E-state index is 12.3. The molecule has 4 amide bonds. The highest BCUT2D eigenvalue weighted by molar-refractivity contribution is 7.98. The van der Waals surface area contributed by atoms with Crippen LogP contribution in [0.2, 0.25) is 0 Å². The third-order valence-electron chi connectivity index (χ3n) is 3.44. The number of hydrogen-bond donors (Lipinski definition) is 7.